The lowest BCUT2D eigenvalue weighted by molar-refractivity contribution is 0.0927. The van der Waals surface area contributed by atoms with Gasteiger partial charge in [0.2, 0.25) is 0 Å². The molecule has 1 saturated heterocycles. The minimum Gasteiger partial charge on any atom is -0.352 e. The van der Waals surface area contributed by atoms with Crippen LogP contribution in [0.2, 0.25) is 0 Å². The Kier molecular flexibility index (Phi) is 6.44. The molecule has 1 unspecified atom stereocenters. The highest BCUT2D eigenvalue weighted by Crippen LogP contribution is 2.18. The maximum absolute atomic E-state index is 12.8. The van der Waals surface area contributed by atoms with Gasteiger partial charge in [0.05, 0.1) is 6.04 Å². The molecule has 3 rings (SSSR count). The average molecular weight is 366 g/mol. The minimum absolute atomic E-state index is 0.0481. The first-order valence-electron chi connectivity index (χ1n) is 9.32. The highest BCUT2D eigenvalue weighted by Gasteiger charge is 2.21. The van der Waals surface area contributed by atoms with Gasteiger partial charge in [-0.2, -0.15) is 0 Å². The number of benzene rings is 2. The summed E-state index contributed by atoms with van der Waals surface area (Å²) in [6.45, 7) is 3.33. The van der Waals surface area contributed by atoms with E-state index < -0.39 is 6.03 Å². The Balaban J connectivity index is 1.67. The molecule has 2 aromatic carbocycles. The highest BCUT2D eigenvalue weighted by atomic mass is 16.2. The minimum atomic E-state index is -0.565. The summed E-state index contributed by atoms with van der Waals surface area (Å²) >= 11 is 0. The molecule has 4 N–H and O–H groups in total. The molecule has 1 atom stereocenters. The molecule has 27 heavy (non-hydrogen) atoms. The predicted octanol–water partition coefficient (Wildman–Crippen LogP) is 2.42. The van der Waals surface area contributed by atoms with Crippen LogP contribution in [0.5, 0.6) is 0 Å². The number of rotatable bonds is 7. The highest BCUT2D eigenvalue weighted by molar-refractivity contribution is 5.94. The van der Waals surface area contributed by atoms with Crippen LogP contribution in [0.1, 0.15) is 40.4 Å². The number of amides is 3. The first-order chi connectivity index (χ1) is 13.1. The van der Waals surface area contributed by atoms with Crippen LogP contribution in [0.3, 0.4) is 0 Å². The fourth-order valence-electron chi connectivity index (χ4n) is 3.35. The van der Waals surface area contributed by atoms with Crippen molar-refractivity contribution in [3.8, 4) is 0 Å². The van der Waals surface area contributed by atoms with Gasteiger partial charge in [0.1, 0.15) is 0 Å². The monoisotopic (exact) mass is 366 g/mol. The van der Waals surface area contributed by atoms with E-state index in [0.717, 1.165) is 30.8 Å². The van der Waals surface area contributed by atoms with Crippen LogP contribution in [-0.4, -0.2) is 36.5 Å². The maximum Gasteiger partial charge on any atom is 0.312 e. The van der Waals surface area contributed by atoms with Crippen LogP contribution >= 0.6 is 0 Å². The molecule has 1 aliphatic rings. The lowest BCUT2D eigenvalue weighted by Gasteiger charge is -2.25. The molecule has 6 nitrogen and oxygen atoms in total. The maximum atomic E-state index is 12.8. The number of primary amides is 1. The van der Waals surface area contributed by atoms with Gasteiger partial charge in [0.25, 0.3) is 5.91 Å². The first-order valence-corrected chi connectivity index (χ1v) is 9.32. The molecule has 0 bridgehead atoms. The molecule has 0 radical (unpaired) electrons. The van der Waals surface area contributed by atoms with E-state index in [0.29, 0.717) is 12.1 Å². The third-order valence-electron chi connectivity index (χ3n) is 4.83. The molecule has 2 aromatic rings. The number of nitrogens with two attached hydrogens (primary N) is 1. The van der Waals surface area contributed by atoms with Gasteiger partial charge < -0.3 is 21.3 Å². The van der Waals surface area contributed by atoms with Gasteiger partial charge in [-0.05, 0) is 49.2 Å². The van der Waals surface area contributed by atoms with Crippen molar-refractivity contribution < 1.29 is 9.59 Å². The van der Waals surface area contributed by atoms with Crippen molar-refractivity contribution in [2.45, 2.75) is 25.4 Å². The molecule has 3 amide bonds. The second-order valence-electron chi connectivity index (χ2n) is 6.86. The Bertz CT molecular complexity index is 756. The zero-order valence-electron chi connectivity index (χ0n) is 15.4. The van der Waals surface area contributed by atoms with Crippen LogP contribution in [0.4, 0.5) is 4.79 Å². The molecule has 6 heteroatoms. The van der Waals surface area contributed by atoms with Gasteiger partial charge in [-0.3, -0.25) is 4.79 Å². The Hall–Kier alpha value is -2.86. The summed E-state index contributed by atoms with van der Waals surface area (Å²) in [4.78, 5) is 25.9. The molecule has 1 aliphatic heterocycles. The number of urea groups is 1. The van der Waals surface area contributed by atoms with Crippen molar-refractivity contribution in [1.82, 2.24) is 15.5 Å². The second-order valence-corrected chi connectivity index (χ2v) is 6.86. The smallest absolute Gasteiger partial charge is 0.312 e. The standard InChI is InChI=1S/C21H26N4O2/c22-21(27)23-14-16-8-10-18(11-9-16)20(26)24-19(15-25-12-4-5-13-25)17-6-2-1-3-7-17/h1-3,6-11,19H,4-5,12-15H2,(H,24,26)(H3,22,23,27). The number of carbonyl (C=O) groups is 2. The number of nitrogens with one attached hydrogen (secondary N) is 2. The molecule has 0 saturated carbocycles. The Morgan fingerprint density at radius 3 is 2.30 bits per heavy atom. The zero-order valence-corrected chi connectivity index (χ0v) is 15.4. The van der Waals surface area contributed by atoms with Gasteiger partial charge in [-0.15, -0.1) is 0 Å². The van der Waals surface area contributed by atoms with Crippen LogP contribution in [0, 0.1) is 0 Å². The second kappa shape index (κ2) is 9.19. The van der Waals surface area contributed by atoms with Crippen molar-refractivity contribution in [2.75, 3.05) is 19.6 Å². The molecule has 1 fully saturated rings. The van der Waals surface area contributed by atoms with Gasteiger partial charge in [0, 0.05) is 18.7 Å². The van der Waals surface area contributed by atoms with Crippen LogP contribution < -0.4 is 16.4 Å². The van der Waals surface area contributed by atoms with E-state index in [-0.39, 0.29) is 11.9 Å². The summed E-state index contributed by atoms with van der Waals surface area (Å²) in [5, 5.41) is 5.71. The van der Waals surface area contributed by atoms with Gasteiger partial charge in [-0.1, -0.05) is 42.5 Å². The molecule has 0 aliphatic carbocycles. The lowest BCUT2D eigenvalue weighted by Crippen LogP contribution is -2.37. The van der Waals surface area contributed by atoms with E-state index >= 15 is 0 Å². The molecular weight excluding hydrogens is 340 g/mol. The predicted molar refractivity (Wildman–Crippen MR) is 105 cm³/mol. The van der Waals surface area contributed by atoms with Crippen molar-refractivity contribution >= 4 is 11.9 Å². The average Bonchev–Trinajstić information content (AvgIpc) is 3.20. The van der Waals surface area contributed by atoms with Crippen molar-refractivity contribution in [3.05, 3.63) is 71.3 Å². The fourth-order valence-corrected chi connectivity index (χ4v) is 3.35. The van der Waals surface area contributed by atoms with E-state index in [2.05, 4.69) is 27.7 Å². The normalized spacial score (nSPS) is 15.3. The summed E-state index contributed by atoms with van der Waals surface area (Å²) in [6, 6.07) is 16.7. The summed E-state index contributed by atoms with van der Waals surface area (Å²) in [5.74, 6) is -0.0996. The molecule has 1 heterocycles. The Morgan fingerprint density at radius 1 is 1.00 bits per heavy atom. The molecule has 142 valence electrons. The third-order valence-corrected chi connectivity index (χ3v) is 4.83. The van der Waals surface area contributed by atoms with Crippen LogP contribution in [0.15, 0.2) is 54.6 Å². The number of hydrogen-bond donors (Lipinski definition) is 3. The van der Waals surface area contributed by atoms with Crippen molar-refractivity contribution in [2.24, 2.45) is 5.73 Å². The van der Waals surface area contributed by atoms with E-state index in [1.165, 1.54) is 12.8 Å². The van der Waals surface area contributed by atoms with E-state index in [4.69, 9.17) is 5.73 Å². The summed E-state index contributed by atoms with van der Waals surface area (Å²) in [5.41, 5.74) is 7.68. The van der Waals surface area contributed by atoms with Gasteiger partial charge in [0.15, 0.2) is 0 Å². The zero-order chi connectivity index (χ0) is 19.1. The molecule has 0 aromatic heterocycles. The van der Waals surface area contributed by atoms with Crippen LogP contribution in [0.25, 0.3) is 0 Å². The fraction of sp³-hybridized carbons (Fsp3) is 0.333. The Morgan fingerprint density at radius 2 is 1.67 bits per heavy atom. The van der Waals surface area contributed by atoms with Gasteiger partial charge in [-0.25, -0.2) is 4.79 Å². The quantitative estimate of drug-likeness (QED) is 0.703. The van der Waals surface area contributed by atoms with Gasteiger partial charge >= 0.3 is 6.03 Å². The first kappa shape index (κ1) is 18.9. The largest absolute Gasteiger partial charge is 0.352 e. The number of hydrogen-bond acceptors (Lipinski definition) is 3. The summed E-state index contributed by atoms with van der Waals surface area (Å²) in [6.07, 6.45) is 2.44. The van der Waals surface area contributed by atoms with Crippen LogP contribution in [-0.2, 0) is 6.54 Å². The van der Waals surface area contributed by atoms with Crippen molar-refractivity contribution in [3.63, 3.8) is 0 Å². The topological polar surface area (TPSA) is 87.5 Å². The van der Waals surface area contributed by atoms with E-state index in [1.807, 2.05) is 30.3 Å². The van der Waals surface area contributed by atoms with Crippen molar-refractivity contribution in [1.29, 1.82) is 0 Å². The number of likely N-dealkylation sites (tertiary alicyclic amines) is 1. The summed E-state index contributed by atoms with van der Waals surface area (Å²) < 4.78 is 0. The number of carbonyl (C=O) groups excluding carboxylic acids is 2. The Labute approximate surface area is 159 Å². The lowest BCUT2D eigenvalue weighted by atomic mass is 10.1. The SMILES string of the molecule is NC(=O)NCc1ccc(C(=O)NC(CN2CCCC2)c2ccccc2)cc1. The van der Waals surface area contributed by atoms with E-state index in [1.54, 1.807) is 12.1 Å². The summed E-state index contributed by atoms with van der Waals surface area (Å²) in [7, 11) is 0. The number of nitrogens with zero attached hydrogens (tertiary/aromatic N) is 1. The van der Waals surface area contributed by atoms with E-state index in [9.17, 15) is 9.59 Å². The molecule has 0 spiro atoms. The molecular formula is C21H26N4O2. The third kappa shape index (κ3) is 5.56.